The Hall–Kier alpha value is -2.80. The number of nitrogens with one attached hydrogen (secondary N) is 4. The van der Waals surface area contributed by atoms with Crippen molar-refractivity contribution in [2.24, 2.45) is 5.92 Å². The van der Waals surface area contributed by atoms with Crippen LogP contribution in [0.2, 0.25) is 0 Å². The summed E-state index contributed by atoms with van der Waals surface area (Å²) in [6.45, 7) is 6.73. The van der Waals surface area contributed by atoms with Gasteiger partial charge >= 0.3 is 7.82 Å². The van der Waals surface area contributed by atoms with E-state index in [0.717, 1.165) is 16.5 Å². The summed E-state index contributed by atoms with van der Waals surface area (Å²) in [6.07, 6.45) is 3.93. The Labute approximate surface area is 253 Å². The van der Waals surface area contributed by atoms with E-state index in [4.69, 9.17) is 18.5 Å². The monoisotopic (exact) mass is 626 g/mol. The molecule has 0 aliphatic heterocycles. The molecule has 0 fully saturated rings. The zero-order chi connectivity index (χ0) is 31.8. The molecular formula is C29H47N4O9P. The number of para-hydroxylation sites is 1. The predicted octanol–water partition coefficient (Wildman–Crippen LogP) is 2.83. The Morgan fingerprint density at radius 1 is 1.07 bits per heavy atom. The molecule has 1 aromatic carbocycles. The number of phosphoric acid groups is 1. The SMILES string of the molecule is CC[C@H](C)[C@H](NC(=O)CCc1c[nH]c2ccccc12)C(=O)NCCOP(=O)(O)OC[C@@H](COCC[C@@H](C)OC)NC(C)=O. The second-order valence-corrected chi connectivity index (χ2v) is 11.9. The lowest BCUT2D eigenvalue weighted by Gasteiger charge is -2.24. The third-order valence-electron chi connectivity index (χ3n) is 7.00. The number of aromatic nitrogens is 1. The van der Waals surface area contributed by atoms with Crippen molar-refractivity contribution in [3.63, 3.8) is 0 Å². The molecule has 0 radical (unpaired) electrons. The first kappa shape index (κ1) is 36.4. The zero-order valence-electron chi connectivity index (χ0n) is 25.7. The lowest BCUT2D eigenvalue weighted by molar-refractivity contribution is -0.130. The highest BCUT2D eigenvalue weighted by Crippen LogP contribution is 2.42. The number of hydrogen-bond acceptors (Lipinski definition) is 8. The van der Waals surface area contributed by atoms with E-state index < -0.39 is 25.8 Å². The lowest BCUT2D eigenvalue weighted by atomic mass is 9.98. The van der Waals surface area contributed by atoms with Crippen LogP contribution in [0.15, 0.2) is 30.5 Å². The van der Waals surface area contributed by atoms with Crippen molar-refractivity contribution < 1.29 is 42.4 Å². The van der Waals surface area contributed by atoms with Gasteiger partial charge in [-0.25, -0.2) is 4.57 Å². The summed E-state index contributed by atoms with van der Waals surface area (Å²) < 4.78 is 33.1. The van der Waals surface area contributed by atoms with Gasteiger partial charge in [0.15, 0.2) is 0 Å². The number of benzene rings is 1. The van der Waals surface area contributed by atoms with E-state index in [0.29, 0.717) is 25.9 Å². The third-order valence-corrected chi connectivity index (χ3v) is 7.98. The van der Waals surface area contributed by atoms with Crippen LogP contribution in [0.4, 0.5) is 0 Å². The number of amides is 3. The molecule has 0 bridgehead atoms. The topological polar surface area (TPSA) is 177 Å². The normalized spacial score (nSPS) is 15.7. The number of phosphoric ester groups is 1. The summed E-state index contributed by atoms with van der Waals surface area (Å²) in [6, 6.07) is 6.40. The highest BCUT2D eigenvalue weighted by Gasteiger charge is 2.27. The molecular weight excluding hydrogens is 579 g/mol. The number of methoxy groups -OCH3 is 1. The maximum absolute atomic E-state index is 12.9. The van der Waals surface area contributed by atoms with Crippen LogP contribution in [-0.2, 0) is 43.9 Å². The molecule has 3 amide bonds. The summed E-state index contributed by atoms with van der Waals surface area (Å²) in [7, 11) is -2.89. The minimum Gasteiger partial charge on any atom is -0.382 e. The smallest absolute Gasteiger partial charge is 0.382 e. The fourth-order valence-corrected chi connectivity index (χ4v) is 4.98. The van der Waals surface area contributed by atoms with E-state index >= 15 is 0 Å². The summed E-state index contributed by atoms with van der Waals surface area (Å²) in [5.41, 5.74) is 2.02. The molecule has 13 nitrogen and oxygen atoms in total. The van der Waals surface area contributed by atoms with Gasteiger partial charge < -0.3 is 35.3 Å². The molecule has 0 aliphatic carbocycles. The van der Waals surface area contributed by atoms with Crippen LogP contribution < -0.4 is 16.0 Å². The van der Waals surface area contributed by atoms with Gasteiger partial charge in [-0.05, 0) is 37.3 Å². The molecule has 14 heteroatoms. The fourth-order valence-electron chi connectivity index (χ4n) is 4.21. The molecule has 1 unspecified atom stereocenters. The quantitative estimate of drug-likeness (QED) is 0.103. The minimum absolute atomic E-state index is 0.00901. The van der Waals surface area contributed by atoms with Gasteiger partial charge in [0.05, 0.1) is 32.0 Å². The van der Waals surface area contributed by atoms with Crippen molar-refractivity contribution in [3.05, 3.63) is 36.0 Å². The standard InChI is InChI=1S/C29H47N4O9P/c1-6-20(2)28(33-27(35)12-11-23-17-31-26-10-8-7-9-25(23)26)29(36)30-14-16-41-43(37,38)42-19-24(32-22(4)34)18-40-15-13-21(3)39-5/h7-10,17,20-21,24,28,31H,6,11-16,18-19H2,1-5H3,(H,30,36)(H,32,34)(H,33,35)(H,37,38)/t20-,21+,24+,28-/m0/s1. The number of aromatic amines is 1. The van der Waals surface area contributed by atoms with Crippen LogP contribution in [-0.4, -0.2) is 85.9 Å². The number of H-pyrrole nitrogens is 1. The second-order valence-electron chi connectivity index (χ2n) is 10.5. The highest BCUT2D eigenvalue weighted by molar-refractivity contribution is 7.47. The summed E-state index contributed by atoms with van der Waals surface area (Å²) in [5, 5.41) is 9.14. The fraction of sp³-hybridized carbons (Fsp3) is 0.621. The van der Waals surface area contributed by atoms with Crippen LogP contribution in [0, 0.1) is 5.92 Å². The molecule has 242 valence electrons. The Kier molecular flexibility index (Phi) is 15.9. The number of carbonyl (C=O) groups excluding carboxylic acids is 3. The Balaban J connectivity index is 1.77. The molecule has 0 spiro atoms. The van der Waals surface area contributed by atoms with Crippen LogP contribution in [0.5, 0.6) is 0 Å². The number of carbonyl (C=O) groups is 3. The molecule has 2 rings (SSSR count). The first-order valence-corrected chi connectivity index (χ1v) is 16.1. The van der Waals surface area contributed by atoms with Crippen molar-refractivity contribution in [1.82, 2.24) is 20.9 Å². The first-order valence-electron chi connectivity index (χ1n) is 14.6. The van der Waals surface area contributed by atoms with Crippen LogP contribution in [0.25, 0.3) is 10.9 Å². The molecule has 43 heavy (non-hydrogen) atoms. The zero-order valence-corrected chi connectivity index (χ0v) is 26.6. The number of rotatable bonds is 21. The number of aryl methyl sites for hydroxylation is 1. The number of hydrogen-bond donors (Lipinski definition) is 5. The van der Waals surface area contributed by atoms with Crippen molar-refractivity contribution >= 4 is 36.4 Å². The molecule has 2 aromatic rings. The number of ether oxygens (including phenoxy) is 2. The Bertz CT molecular complexity index is 1210. The average Bonchev–Trinajstić information content (AvgIpc) is 3.40. The Morgan fingerprint density at radius 2 is 1.81 bits per heavy atom. The molecule has 0 saturated carbocycles. The highest BCUT2D eigenvalue weighted by atomic mass is 31.2. The van der Waals surface area contributed by atoms with Gasteiger partial charge in [0, 0.05) is 50.7 Å². The van der Waals surface area contributed by atoms with Crippen molar-refractivity contribution in [2.75, 3.05) is 40.1 Å². The average molecular weight is 627 g/mol. The van der Waals surface area contributed by atoms with Gasteiger partial charge in [-0.15, -0.1) is 0 Å². The lowest BCUT2D eigenvalue weighted by Crippen LogP contribution is -2.50. The molecule has 1 aromatic heterocycles. The van der Waals surface area contributed by atoms with E-state index in [1.54, 1.807) is 7.11 Å². The van der Waals surface area contributed by atoms with Crippen LogP contribution in [0.1, 0.15) is 52.5 Å². The van der Waals surface area contributed by atoms with Gasteiger partial charge in [-0.2, -0.15) is 0 Å². The van der Waals surface area contributed by atoms with E-state index in [1.165, 1.54) is 6.92 Å². The minimum atomic E-state index is -4.48. The molecule has 1 heterocycles. The summed E-state index contributed by atoms with van der Waals surface area (Å²) in [5.74, 6) is -1.16. The maximum atomic E-state index is 12.9. The van der Waals surface area contributed by atoms with Gasteiger partial charge in [-0.3, -0.25) is 23.4 Å². The number of fused-ring (bicyclic) bond motifs is 1. The van der Waals surface area contributed by atoms with E-state index in [-0.39, 0.29) is 56.6 Å². The van der Waals surface area contributed by atoms with Crippen molar-refractivity contribution in [1.29, 1.82) is 0 Å². The molecule has 5 atom stereocenters. The molecule has 0 aliphatic rings. The van der Waals surface area contributed by atoms with Crippen molar-refractivity contribution in [3.8, 4) is 0 Å². The van der Waals surface area contributed by atoms with Crippen molar-refractivity contribution in [2.45, 2.75) is 71.6 Å². The largest absolute Gasteiger partial charge is 0.472 e. The van der Waals surface area contributed by atoms with Gasteiger partial charge in [0.25, 0.3) is 0 Å². The van der Waals surface area contributed by atoms with Crippen LogP contribution >= 0.6 is 7.82 Å². The summed E-state index contributed by atoms with van der Waals surface area (Å²) in [4.78, 5) is 50.4. The van der Waals surface area contributed by atoms with Gasteiger partial charge in [0.1, 0.15) is 6.04 Å². The Morgan fingerprint density at radius 3 is 2.51 bits per heavy atom. The molecule has 5 N–H and O–H groups in total. The molecule has 0 saturated heterocycles. The maximum Gasteiger partial charge on any atom is 0.472 e. The predicted molar refractivity (Wildman–Crippen MR) is 162 cm³/mol. The van der Waals surface area contributed by atoms with E-state index in [9.17, 15) is 23.8 Å². The first-order chi connectivity index (χ1) is 20.5. The van der Waals surface area contributed by atoms with Gasteiger partial charge in [0.2, 0.25) is 17.7 Å². The van der Waals surface area contributed by atoms with Crippen LogP contribution in [0.3, 0.4) is 0 Å². The van der Waals surface area contributed by atoms with E-state index in [1.807, 2.05) is 51.2 Å². The second kappa shape index (κ2) is 18.8. The van der Waals surface area contributed by atoms with Gasteiger partial charge in [-0.1, -0.05) is 38.5 Å². The third kappa shape index (κ3) is 13.6. The summed E-state index contributed by atoms with van der Waals surface area (Å²) >= 11 is 0. The van der Waals surface area contributed by atoms with E-state index in [2.05, 4.69) is 20.9 Å².